The van der Waals surface area contributed by atoms with E-state index in [4.69, 9.17) is 0 Å². The Morgan fingerprint density at radius 3 is 2.77 bits per heavy atom. The Balaban J connectivity index is 1.25. The smallest absolute Gasteiger partial charge is 0.268 e. The number of aromatic nitrogens is 3. The van der Waals surface area contributed by atoms with Crippen molar-refractivity contribution in [1.29, 1.82) is 0 Å². The number of hydrogen-bond donors (Lipinski definition) is 2. The van der Waals surface area contributed by atoms with E-state index in [-0.39, 0.29) is 43.0 Å². The van der Waals surface area contributed by atoms with Crippen molar-refractivity contribution < 1.29 is 18.4 Å². The van der Waals surface area contributed by atoms with E-state index < -0.39 is 12.0 Å². The number of rotatable bonds is 4. The average Bonchev–Trinajstić information content (AvgIpc) is 3.49. The van der Waals surface area contributed by atoms with Crippen molar-refractivity contribution in [1.82, 2.24) is 24.6 Å². The molecule has 2 fully saturated rings. The van der Waals surface area contributed by atoms with Gasteiger partial charge in [-0.15, -0.1) is 0 Å². The Morgan fingerprint density at radius 2 is 1.97 bits per heavy atom. The fraction of sp³-hybridized carbons (Fsp3) is 0.346. The topological polar surface area (TPSA) is 82.5 Å². The van der Waals surface area contributed by atoms with Gasteiger partial charge in [-0.3, -0.25) is 9.59 Å². The summed E-state index contributed by atoms with van der Waals surface area (Å²) in [6.07, 6.45) is 5.33. The second-order valence-corrected chi connectivity index (χ2v) is 9.69. The van der Waals surface area contributed by atoms with Crippen LogP contribution in [0.25, 0.3) is 16.4 Å². The molecule has 9 heteroatoms. The third-order valence-corrected chi connectivity index (χ3v) is 7.45. The minimum atomic E-state index is -2.64. The lowest BCUT2D eigenvalue weighted by molar-refractivity contribution is -0.133. The van der Waals surface area contributed by atoms with Crippen LogP contribution >= 0.6 is 0 Å². The van der Waals surface area contributed by atoms with Crippen LogP contribution in [0.3, 0.4) is 0 Å². The van der Waals surface area contributed by atoms with Gasteiger partial charge < -0.3 is 19.6 Å². The van der Waals surface area contributed by atoms with E-state index >= 15 is 0 Å². The molecule has 180 valence electrons. The van der Waals surface area contributed by atoms with Gasteiger partial charge in [0.05, 0.1) is 23.6 Å². The standard InChI is InChI=1S/C26H25F2N5O2/c27-26(28)11-17(12-26)18-7-9-32(25(35)19-5-3-8-33-15-29-13-23(19)33)14-22(18)31-24(34)21-10-16-4-1-2-6-20(16)30-21/h1-6,8,10,13,15,17-18,22,30H,7,9,11-12,14H2,(H,31,34)/t18-,22+/m0/s1. The van der Waals surface area contributed by atoms with E-state index in [9.17, 15) is 18.4 Å². The zero-order valence-corrected chi connectivity index (χ0v) is 19.0. The maximum absolute atomic E-state index is 13.7. The highest BCUT2D eigenvalue weighted by Gasteiger charge is 2.51. The molecule has 2 atom stereocenters. The van der Waals surface area contributed by atoms with E-state index in [0.29, 0.717) is 29.7 Å². The summed E-state index contributed by atoms with van der Waals surface area (Å²) in [5, 5.41) is 3.98. The lowest BCUT2D eigenvalue weighted by Gasteiger charge is -2.47. The zero-order chi connectivity index (χ0) is 24.2. The van der Waals surface area contributed by atoms with Gasteiger partial charge in [-0.25, -0.2) is 13.8 Å². The molecule has 1 saturated carbocycles. The molecule has 2 amide bonds. The number of nitrogens with one attached hydrogen (secondary N) is 2. The first-order valence-electron chi connectivity index (χ1n) is 11.8. The quantitative estimate of drug-likeness (QED) is 0.464. The first kappa shape index (κ1) is 21.8. The summed E-state index contributed by atoms with van der Waals surface area (Å²) in [5.41, 5.74) is 2.50. The molecular weight excluding hydrogens is 452 g/mol. The predicted octanol–water partition coefficient (Wildman–Crippen LogP) is 4.12. The van der Waals surface area contributed by atoms with Crippen molar-refractivity contribution in [2.45, 2.75) is 31.2 Å². The van der Waals surface area contributed by atoms with Crippen molar-refractivity contribution in [2.75, 3.05) is 13.1 Å². The third kappa shape index (κ3) is 3.94. The second kappa shape index (κ2) is 8.18. The number of likely N-dealkylation sites (tertiary alicyclic amines) is 1. The van der Waals surface area contributed by atoms with Crippen LogP contribution < -0.4 is 5.32 Å². The number of benzene rings is 1. The number of fused-ring (bicyclic) bond motifs is 2. The Hall–Kier alpha value is -3.75. The second-order valence-electron chi connectivity index (χ2n) is 9.69. The summed E-state index contributed by atoms with van der Waals surface area (Å²) in [6, 6.07) is 12.5. The lowest BCUT2D eigenvalue weighted by atomic mass is 9.68. The van der Waals surface area contributed by atoms with Gasteiger partial charge in [-0.2, -0.15) is 0 Å². The van der Waals surface area contributed by atoms with Crippen molar-refractivity contribution in [3.8, 4) is 0 Å². The fourth-order valence-corrected chi connectivity index (χ4v) is 5.62. The number of pyridine rings is 1. The number of halogens is 2. The van der Waals surface area contributed by atoms with Crippen LogP contribution in [0.4, 0.5) is 8.78 Å². The molecule has 0 radical (unpaired) electrons. The Morgan fingerprint density at radius 1 is 1.14 bits per heavy atom. The normalized spacial score (nSPS) is 22.3. The molecule has 1 saturated heterocycles. The van der Waals surface area contributed by atoms with Gasteiger partial charge in [0.1, 0.15) is 5.69 Å². The number of amides is 2. The summed E-state index contributed by atoms with van der Waals surface area (Å²) in [6.45, 7) is 0.728. The van der Waals surface area contributed by atoms with Crippen LogP contribution in [0.1, 0.15) is 40.1 Å². The molecule has 7 nitrogen and oxygen atoms in total. The Bertz CT molecular complexity index is 1390. The Labute approximate surface area is 200 Å². The number of nitrogens with zero attached hydrogens (tertiary/aromatic N) is 3. The maximum atomic E-state index is 13.7. The SMILES string of the molecule is O=C(N[C@@H]1CN(C(=O)c2cccn3cncc23)CC[C@H]1C1CC(F)(F)C1)c1cc2ccccc2[nH]1. The molecule has 1 aliphatic carbocycles. The van der Waals surface area contributed by atoms with Crippen molar-refractivity contribution in [3.63, 3.8) is 0 Å². The number of imidazole rings is 1. The first-order valence-corrected chi connectivity index (χ1v) is 11.8. The van der Waals surface area contributed by atoms with Gasteiger partial charge in [-0.1, -0.05) is 18.2 Å². The number of piperidine rings is 1. The molecular formula is C26H25F2N5O2. The number of carbonyl (C=O) groups excluding carboxylic acids is 2. The van der Waals surface area contributed by atoms with Gasteiger partial charge in [-0.05, 0) is 42.5 Å². The highest BCUT2D eigenvalue weighted by atomic mass is 19.3. The van der Waals surface area contributed by atoms with E-state index in [2.05, 4.69) is 15.3 Å². The number of H-pyrrole nitrogens is 1. The lowest BCUT2D eigenvalue weighted by Crippen LogP contribution is -2.58. The summed E-state index contributed by atoms with van der Waals surface area (Å²) in [7, 11) is 0. The van der Waals surface area contributed by atoms with Gasteiger partial charge in [0, 0.05) is 49.1 Å². The van der Waals surface area contributed by atoms with E-state index in [1.54, 1.807) is 40.0 Å². The fourth-order valence-electron chi connectivity index (χ4n) is 5.62. The van der Waals surface area contributed by atoms with Crippen LogP contribution in [-0.2, 0) is 0 Å². The molecule has 1 aliphatic heterocycles. The molecule has 2 N–H and O–H groups in total. The molecule has 3 aromatic heterocycles. The Kier molecular flexibility index (Phi) is 5.09. The molecule has 0 unspecified atom stereocenters. The van der Waals surface area contributed by atoms with Gasteiger partial charge >= 0.3 is 0 Å². The summed E-state index contributed by atoms with van der Waals surface area (Å²) in [5.74, 6) is -3.37. The van der Waals surface area contributed by atoms with E-state index in [0.717, 1.165) is 10.9 Å². The molecule has 0 bridgehead atoms. The highest BCUT2D eigenvalue weighted by Crippen LogP contribution is 2.48. The number of carbonyl (C=O) groups is 2. The first-order chi connectivity index (χ1) is 16.9. The van der Waals surface area contributed by atoms with Gasteiger partial charge in [0.2, 0.25) is 5.92 Å². The van der Waals surface area contributed by atoms with Crippen LogP contribution in [0.15, 0.2) is 61.2 Å². The maximum Gasteiger partial charge on any atom is 0.268 e. The minimum Gasteiger partial charge on any atom is -0.351 e. The highest BCUT2D eigenvalue weighted by molar-refractivity contribution is 6.01. The zero-order valence-electron chi connectivity index (χ0n) is 19.0. The van der Waals surface area contributed by atoms with Crippen molar-refractivity contribution in [3.05, 3.63) is 72.4 Å². The molecule has 1 aromatic carbocycles. The third-order valence-electron chi connectivity index (χ3n) is 7.45. The monoisotopic (exact) mass is 477 g/mol. The van der Waals surface area contributed by atoms with Crippen molar-refractivity contribution >= 4 is 28.2 Å². The van der Waals surface area contributed by atoms with Crippen LogP contribution in [0.5, 0.6) is 0 Å². The molecule has 4 aromatic rings. The van der Waals surface area contributed by atoms with Crippen LogP contribution in [0.2, 0.25) is 0 Å². The summed E-state index contributed by atoms with van der Waals surface area (Å²) in [4.78, 5) is 35.6. The average molecular weight is 478 g/mol. The van der Waals surface area contributed by atoms with Crippen LogP contribution in [0, 0.1) is 11.8 Å². The number of para-hydroxylation sites is 1. The predicted molar refractivity (Wildman–Crippen MR) is 126 cm³/mol. The van der Waals surface area contributed by atoms with Gasteiger partial charge in [0.25, 0.3) is 11.8 Å². The van der Waals surface area contributed by atoms with Gasteiger partial charge in [0.15, 0.2) is 0 Å². The number of hydrogen-bond acceptors (Lipinski definition) is 3. The summed E-state index contributed by atoms with van der Waals surface area (Å²) >= 11 is 0. The molecule has 4 heterocycles. The van der Waals surface area contributed by atoms with E-state index in [1.165, 1.54) is 0 Å². The number of alkyl halides is 2. The minimum absolute atomic E-state index is 0.113. The molecule has 2 aliphatic rings. The molecule has 35 heavy (non-hydrogen) atoms. The molecule has 6 rings (SSSR count). The van der Waals surface area contributed by atoms with Crippen LogP contribution in [-0.4, -0.2) is 56.1 Å². The molecule has 0 spiro atoms. The van der Waals surface area contributed by atoms with E-state index in [1.807, 2.05) is 30.5 Å². The number of aromatic amines is 1. The summed E-state index contributed by atoms with van der Waals surface area (Å²) < 4.78 is 29.2. The van der Waals surface area contributed by atoms with Crippen molar-refractivity contribution in [2.24, 2.45) is 11.8 Å². The largest absolute Gasteiger partial charge is 0.351 e.